The largest absolute Gasteiger partial charge is 0.497 e. The molecule has 1 heterocycles. The van der Waals surface area contributed by atoms with Gasteiger partial charge >= 0.3 is 0 Å². The van der Waals surface area contributed by atoms with Gasteiger partial charge in [0, 0.05) is 24.4 Å². The normalized spacial score (nSPS) is 10.6. The first kappa shape index (κ1) is 24.7. The Balaban J connectivity index is 1.49. The minimum Gasteiger partial charge on any atom is -0.497 e. The number of ether oxygens (including phenoxy) is 1. The fourth-order valence-corrected chi connectivity index (χ4v) is 3.73. The summed E-state index contributed by atoms with van der Waals surface area (Å²) in [7, 11) is 3.33. The molecule has 2 amide bonds. The lowest BCUT2D eigenvalue weighted by molar-refractivity contribution is -0.385. The lowest BCUT2D eigenvalue weighted by atomic mass is 10.1. The predicted octanol–water partition coefficient (Wildman–Crippen LogP) is 2.63. The van der Waals surface area contributed by atoms with Crippen molar-refractivity contribution in [1.82, 2.24) is 20.1 Å². The number of carbonyl (C=O) groups excluding carboxylic acids is 2. The number of thioether (sulfide) groups is 1. The monoisotopic (exact) mass is 484 g/mol. The van der Waals surface area contributed by atoms with Crippen molar-refractivity contribution in [3.8, 4) is 5.75 Å². The summed E-state index contributed by atoms with van der Waals surface area (Å²) in [6.45, 7) is 1.82. The van der Waals surface area contributed by atoms with Crippen LogP contribution in [0.25, 0.3) is 0 Å². The number of anilines is 1. The summed E-state index contributed by atoms with van der Waals surface area (Å²) in [6.07, 6.45) is 0.223. The van der Waals surface area contributed by atoms with Crippen LogP contribution in [0.4, 0.5) is 11.4 Å². The second kappa shape index (κ2) is 11.3. The van der Waals surface area contributed by atoms with E-state index >= 15 is 0 Å². The molecule has 178 valence electrons. The zero-order chi connectivity index (χ0) is 24.7. The molecule has 1 aromatic heterocycles. The molecule has 0 aliphatic rings. The second-order valence-corrected chi connectivity index (χ2v) is 8.30. The van der Waals surface area contributed by atoms with Crippen LogP contribution in [0.2, 0.25) is 0 Å². The summed E-state index contributed by atoms with van der Waals surface area (Å²) >= 11 is 1.17. The Morgan fingerprint density at radius 1 is 1.15 bits per heavy atom. The highest BCUT2D eigenvalue weighted by molar-refractivity contribution is 7.99. The number of nitrogens with one attached hydrogen (secondary N) is 2. The molecule has 0 atom stereocenters. The van der Waals surface area contributed by atoms with Gasteiger partial charge in [-0.15, -0.1) is 10.2 Å². The standard InChI is InChI=1S/C22H24N6O5S/c1-14-4-7-16(11-18(14)28(31)32)24-21(30)13-34-22-26-25-19(27(22)2)12-23-20(29)10-15-5-8-17(33-3)9-6-15/h4-9,11H,10,12-13H2,1-3H3,(H,23,29)(H,24,30). The second-order valence-electron chi connectivity index (χ2n) is 7.35. The molecular formula is C22H24N6O5S. The van der Waals surface area contributed by atoms with E-state index in [0.29, 0.717) is 22.2 Å². The van der Waals surface area contributed by atoms with Gasteiger partial charge in [0.15, 0.2) is 11.0 Å². The maximum Gasteiger partial charge on any atom is 0.274 e. The molecule has 12 heteroatoms. The van der Waals surface area contributed by atoms with E-state index in [1.54, 1.807) is 49.9 Å². The van der Waals surface area contributed by atoms with Crippen LogP contribution >= 0.6 is 11.8 Å². The minimum absolute atomic E-state index is 0.0392. The van der Waals surface area contributed by atoms with E-state index in [4.69, 9.17) is 4.74 Å². The summed E-state index contributed by atoms with van der Waals surface area (Å²) in [6, 6.07) is 11.8. The van der Waals surface area contributed by atoms with Gasteiger partial charge in [-0.2, -0.15) is 0 Å². The summed E-state index contributed by atoms with van der Waals surface area (Å²) in [5.41, 5.74) is 1.66. The van der Waals surface area contributed by atoms with Crippen molar-refractivity contribution in [3.63, 3.8) is 0 Å². The van der Waals surface area contributed by atoms with Crippen LogP contribution in [0.1, 0.15) is 17.0 Å². The van der Waals surface area contributed by atoms with Crippen molar-refractivity contribution < 1.29 is 19.2 Å². The third kappa shape index (κ3) is 6.54. The summed E-state index contributed by atoms with van der Waals surface area (Å²) in [4.78, 5) is 35.1. The number of aromatic nitrogens is 3. The SMILES string of the molecule is COc1ccc(CC(=O)NCc2nnc(SCC(=O)Nc3ccc(C)c([N+](=O)[O-])c3)n2C)cc1. The number of benzene rings is 2. The molecule has 2 aromatic carbocycles. The molecule has 0 saturated carbocycles. The molecule has 0 aliphatic carbocycles. The van der Waals surface area contributed by atoms with E-state index in [1.807, 2.05) is 12.1 Å². The Morgan fingerprint density at radius 3 is 2.56 bits per heavy atom. The summed E-state index contributed by atoms with van der Waals surface area (Å²) in [5, 5.41) is 25.2. The molecular weight excluding hydrogens is 460 g/mol. The first-order chi connectivity index (χ1) is 16.3. The lowest BCUT2D eigenvalue weighted by Crippen LogP contribution is -2.26. The van der Waals surface area contributed by atoms with Gasteiger partial charge in [0.25, 0.3) is 5.69 Å². The molecule has 34 heavy (non-hydrogen) atoms. The van der Waals surface area contributed by atoms with Crippen LogP contribution in [0.5, 0.6) is 5.75 Å². The average Bonchev–Trinajstić information content (AvgIpc) is 3.17. The van der Waals surface area contributed by atoms with Crippen molar-refractivity contribution in [1.29, 1.82) is 0 Å². The molecule has 0 spiro atoms. The smallest absolute Gasteiger partial charge is 0.274 e. The molecule has 3 aromatic rings. The molecule has 0 unspecified atom stereocenters. The number of methoxy groups -OCH3 is 1. The van der Waals surface area contributed by atoms with Crippen molar-refractivity contribution >= 4 is 35.0 Å². The van der Waals surface area contributed by atoms with Gasteiger partial charge in [-0.05, 0) is 30.7 Å². The number of nitro benzene ring substituents is 1. The van der Waals surface area contributed by atoms with Gasteiger partial charge in [0.05, 0.1) is 30.8 Å². The predicted molar refractivity (Wildman–Crippen MR) is 127 cm³/mol. The molecule has 0 saturated heterocycles. The first-order valence-corrected chi connectivity index (χ1v) is 11.2. The number of carbonyl (C=O) groups is 2. The molecule has 0 fully saturated rings. The number of nitro groups is 1. The third-order valence-corrected chi connectivity index (χ3v) is 5.93. The Bertz CT molecular complexity index is 1190. The zero-order valence-corrected chi connectivity index (χ0v) is 19.7. The van der Waals surface area contributed by atoms with Crippen LogP contribution in [0.15, 0.2) is 47.6 Å². The number of hydrogen-bond donors (Lipinski definition) is 2. The lowest BCUT2D eigenvalue weighted by Gasteiger charge is -2.07. The molecule has 0 radical (unpaired) electrons. The van der Waals surface area contributed by atoms with Crippen molar-refractivity contribution in [3.05, 3.63) is 69.5 Å². The van der Waals surface area contributed by atoms with E-state index in [2.05, 4.69) is 20.8 Å². The summed E-state index contributed by atoms with van der Waals surface area (Å²) < 4.78 is 6.80. The topological polar surface area (TPSA) is 141 Å². The Kier molecular flexibility index (Phi) is 8.19. The fourth-order valence-electron chi connectivity index (χ4n) is 3.00. The Labute approximate surface area is 200 Å². The average molecular weight is 485 g/mol. The maximum atomic E-state index is 12.3. The van der Waals surface area contributed by atoms with E-state index in [0.717, 1.165) is 11.3 Å². The quantitative estimate of drug-likeness (QED) is 0.254. The van der Waals surface area contributed by atoms with Crippen LogP contribution in [-0.4, -0.2) is 44.4 Å². The van der Waals surface area contributed by atoms with Crippen LogP contribution in [0.3, 0.4) is 0 Å². The molecule has 0 bridgehead atoms. The van der Waals surface area contributed by atoms with Crippen molar-refractivity contribution in [2.24, 2.45) is 7.05 Å². The highest BCUT2D eigenvalue weighted by Gasteiger charge is 2.15. The first-order valence-electron chi connectivity index (χ1n) is 10.2. The number of aryl methyl sites for hydroxylation is 1. The van der Waals surface area contributed by atoms with Crippen molar-refractivity contribution in [2.75, 3.05) is 18.2 Å². The van der Waals surface area contributed by atoms with E-state index in [1.165, 1.54) is 17.8 Å². The van der Waals surface area contributed by atoms with E-state index in [-0.39, 0.29) is 36.2 Å². The number of nitrogens with zero attached hydrogens (tertiary/aromatic N) is 4. The molecule has 0 aliphatic heterocycles. The van der Waals surface area contributed by atoms with E-state index in [9.17, 15) is 19.7 Å². The van der Waals surface area contributed by atoms with Crippen LogP contribution in [-0.2, 0) is 29.6 Å². The van der Waals surface area contributed by atoms with Crippen LogP contribution in [0, 0.1) is 17.0 Å². The van der Waals surface area contributed by atoms with Gasteiger partial charge in [-0.1, -0.05) is 30.0 Å². The summed E-state index contributed by atoms with van der Waals surface area (Å²) in [5.74, 6) is 0.814. The van der Waals surface area contributed by atoms with Gasteiger partial charge in [-0.3, -0.25) is 19.7 Å². The highest BCUT2D eigenvalue weighted by atomic mass is 32.2. The molecule has 11 nitrogen and oxygen atoms in total. The van der Waals surface area contributed by atoms with Gasteiger partial charge in [0.2, 0.25) is 11.8 Å². The third-order valence-electron chi connectivity index (χ3n) is 4.91. The molecule has 2 N–H and O–H groups in total. The number of hydrogen-bond acceptors (Lipinski definition) is 8. The van der Waals surface area contributed by atoms with Gasteiger partial charge in [0.1, 0.15) is 5.75 Å². The van der Waals surface area contributed by atoms with Crippen LogP contribution < -0.4 is 15.4 Å². The number of amides is 2. The van der Waals surface area contributed by atoms with E-state index < -0.39 is 4.92 Å². The maximum absolute atomic E-state index is 12.3. The number of rotatable bonds is 10. The fraction of sp³-hybridized carbons (Fsp3) is 0.273. The highest BCUT2D eigenvalue weighted by Crippen LogP contribution is 2.23. The van der Waals surface area contributed by atoms with Crippen molar-refractivity contribution in [2.45, 2.75) is 25.0 Å². The zero-order valence-electron chi connectivity index (χ0n) is 18.9. The minimum atomic E-state index is -0.489. The van der Waals surface area contributed by atoms with Gasteiger partial charge in [-0.25, -0.2) is 0 Å². The Morgan fingerprint density at radius 2 is 1.88 bits per heavy atom. The Hall–Kier alpha value is -3.93. The van der Waals surface area contributed by atoms with Gasteiger partial charge < -0.3 is 19.9 Å². The molecule has 3 rings (SSSR count).